The van der Waals surface area contributed by atoms with Crippen LogP contribution in [0.4, 0.5) is 10.5 Å². The Kier molecular flexibility index (Phi) is 6.26. The molecule has 2 N–H and O–H groups in total. The topological polar surface area (TPSA) is 106 Å². The summed E-state index contributed by atoms with van der Waals surface area (Å²) in [5, 5.41) is 5.59. The second kappa shape index (κ2) is 8.73. The normalized spacial score (nSPS) is 17.9. The highest BCUT2D eigenvalue weighted by molar-refractivity contribution is 6.32. The molecule has 2 aromatic carbocycles. The SMILES string of the molecule is COc1cc(NC(=O)CN2C(=O)N[C@](C)(c3ccccc3Cl)C2=O)cc(OC)c1OC. The average molecular weight is 448 g/mol. The molecule has 0 bridgehead atoms. The number of nitrogens with zero attached hydrogens (tertiary/aromatic N) is 1. The van der Waals surface area contributed by atoms with E-state index in [1.54, 1.807) is 43.3 Å². The number of methoxy groups -OCH3 is 3. The van der Waals surface area contributed by atoms with Crippen molar-refractivity contribution in [1.82, 2.24) is 10.2 Å². The van der Waals surface area contributed by atoms with Gasteiger partial charge in [0.15, 0.2) is 11.5 Å². The van der Waals surface area contributed by atoms with E-state index in [4.69, 9.17) is 25.8 Å². The third kappa shape index (κ3) is 4.09. The molecule has 0 aromatic heterocycles. The quantitative estimate of drug-likeness (QED) is 0.632. The van der Waals surface area contributed by atoms with Gasteiger partial charge in [0, 0.05) is 28.4 Å². The van der Waals surface area contributed by atoms with Gasteiger partial charge in [0.2, 0.25) is 11.7 Å². The highest BCUT2D eigenvalue weighted by Gasteiger charge is 2.50. The molecule has 10 heteroatoms. The van der Waals surface area contributed by atoms with Crippen molar-refractivity contribution in [3.63, 3.8) is 0 Å². The van der Waals surface area contributed by atoms with E-state index in [1.165, 1.54) is 21.3 Å². The maximum absolute atomic E-state index is 13.0. The molecule has 0 aliphatic carbocycles. The van der Waals surface area contributed by atoms with Crippen molar-refractivity contribution >= 4 is 35.1 Å². The van der Waals surface area contributed by atoms with Gasteiger partial charge in [-0.3, -0.25) is 14.5 Å². The van der Waals surface area contributed by atoms with Gasteiger partial charge in [0.1, 0.15) is 12.1 Å². The number of nitrogens with one attached hydrogen (secondary N) is 2. The standard InChI is InChI=1S/C21H22ClN3O6/c1-21(13-7-5-6-8-14(13)22)19(27)25(20(28)24-21)11-17(26)23-12-9-15(29-2)18(31-4)16(10-12)30-3/h5-10H,11H2,1-4H3,(H,23,26)(H,24,28)/t21-/m1/s1. The first kappa shape index (κ1) is 22.2. The fourth-order valence-electron chi connectivity index (χ4n) is 3.39. The molecule has 0 radical (unpaired) electrons. The second-order valence-electron chi connectivity index (χ2n) is 6.89. The van der Waals surface area contributed by atoms with Gasteiger partial charge < -0.3 is 24.8 Å². The second-order valence-corrected chi connectivity index (χ2v) is 7.30. The van der Waals surface area contributed by atoms with Crippen LogP contribution in [0.25, 0.3) is 0 Å². The molecule has 164 valence electrons. The van der Waals surface area contributed by atoms with E-state index >= 15 is 0 Å². The number of anilines is 1. The Bertz CT molecular complexity index is 1020. The minimum atomic E-state index is -1.37. The Morgan fingerprint density at radius 1 is 1.10 bits per heavy atom. The molecular weight excluding hydrogens is 426 g/mol. The van der Waals surface area contributed by atoms with Gasteiger partial charge in [-0.25, -0.2) is 4.79 Å². The van der Waals surface area contributed by atoms with Crippen LogP contribution in [0.5, 0.6) is 17.2 Å². The van der Waals surface area contributed by atoms with Crippen molar-refractivity contribution in [3.05, 3.63) is 47.0 Å². The molecule has 1 aliphatic heterocycles. The van der Waals surface area contributed by atoms with Crippen molar-refractivity contribution in [2.75, 3.05) is 33.2 Å². The first-order chi connectivity index (χ1) is 14.7. The summed E-state index contributed by atoms with van der Waals surface area (Å²) >= 11 is 6.21. The molecule has 1 saturated heterocycles. The van der Waals surface area contributed by atoms with Gasteiger partial charge in [-0.15, -0.1) is 0 Å². The van der Waals surface area contributed by atoms with Crippen LogP contribution in [-0.4, -0.2) is 50.6 Å². The van der Waals surface area contributed by atoms with Gasteiger partial charge >= 0.3 is 6.03 Å². The number of rotatable bonds is 7. The highest BCUT2D eigenvalue weighted by Crippen LogP contribution is 2.40. The van der Waals surface area contributed by atoms with Crippen molar-refractivity contribution in [3.8, 4) is 17.2 Å². The Morgan fingerprint density at radius 2 is 1.71 bits per heavy atom. The summed E-state index contributed by atoms with van der Waals surface area (Å²) in [7, 11) is 4.36. The van der Waals surface area contributed by atoms with Gasteiger partial charge in [-0.2, -0.15) is 0 Å². The summed E-state index contributed by atoms with van der Waals surface area (Å²) in [6.07, 6.45) is 0. The number of benzene rings is 2. The molecule has 1 heterocycles. The molecule has 0 saturated carbocycles. The van der Waals surface area contributed by atoms with Crippen LogP contribution in [0.2, 0.25) is 5.02 Å². The van der Waals surface area contributed by atoms with Gasteiger partial charge in [0.05, 0.1) is 21.3 Å². The van der Waals surface area contributed by atoms with E-state index in [-0.39, 0.29) is 0 Å². The smallest absolute Gasteiger partial charge is 0.325 e. The maximum Gasteiger partial charge on any atom is 0.325 e. The van der Waals surface area contributed by atoms with E-state index in [2.05, 4.69) is 10.6 Å². The minimum Gasteiger partial charge on any atom is -0.493 e. The number of imide groups is 1. The van der Waals surface area contributed by atoms with E-state index in [0.717, 1.165) is 4.90 Å². The molecule has 4 amide bonds. The first-order valence-electron chi connectivity index (χ1n) is 9.24. The predicted molar refractivity (Wildman–Crippen MR) is 114 cm³/mol. The van der Waals surface area contributed by atoms with Crippen LogP contribution in [0.3, 0.4) is 0 Å². The lowest BCUT2D eigenvalue weighted by atomic mass is 9.92. The number of amides is 4. The Morgan fingerprint density at radius 3 is 2.26 bits per heavy atom. The molecule has 0 spiro atoms. The molecule has 2 aromatic rings. The number of ether oxygens (including phenoxy) is 3. The number of carbonyl (C=O) groups excluding carboxylic acids is 3. The molecule has 1 atom stereocenters. The molecule has 0 unspecified atom stereocenters. The van der Waals surface area contributed by atoms with Gasteiger partial charge in [0.25, 0.3) is 5.91 Å². The molecule has 31 heavy (non-hydrogen) atoms. The number of urea groups is 1. The monoisotopic (exact) mass is 447 g/mol. The Labute approximate surface area is 184 Å². The lowest BCUT2D eigenvalue weighted by Crippen LogP contribution is -2.42. The van der Waals surface area contributed by atoms with Crippen LogP contribution >= 0.6 is 11.6 Å². The Hall–Kier alpha value is -3.46. The van der Waals surface area contributed by atoms with E-state index < -0.39 is 29.9 Å². The summed E-state index contributed by atoms with van der Waals surface area (Å²) in [6.45, 7) is 1.06. The van der Waals surface area contributed by atoms with Crippen LogP contribution in [-0.2, 0) is 15.1 Å². The fourth-order valence-corrected chi connectivity index (χ4v) is 3.71. The number of hydrogen-bond donors (Lipinski definition) is 2. The summed E-state index contributed by atoms with van der Waals surface area (Å²) < 4.78 is 15.8. The summed E-state index contributed by atoms with van der Waals surface area (Å²) in [4.78, 5) is 38.9. The zero-order valence-electron chi connectivity index (χ0n) is 17.4. The van der Waals surface area contributed by atoms with Gasteiger partial charge in [-0.1, -0.05) is 29.8 Å². The third-order valence-electron chi connectivity index (χ3n) is 4.94. The number of carbonyl (C=O) groups is 3. The van der Waals surface area contributed by atoms with Crippen LogP contribution in [0.1, 0.15) is 12.5 Å². The predicted octanol–water partition coefficient (Wildman–Crippen LogP) is 2.77. The van der Waals surface area contributed by atoms with Gasteiger partial charge in [-0.05, 0) is 13.0 Å². The molecular formula is C21H22ClN3O6. The fraction of sp³-hybridized carbons (Fsp3) is 0.286. The lowest BCUT2D eigenvalue weighted by Gasteiger charge is -2.23. The van der Waals surface area contributed by atoms with Crippen LogP contribution < -0.4 is 24.8 Å². The largest absolute Gasteiger partial charge is 0.493 e. The Balaban J connectivity index is 1.79. The average Bonchev–Trinajstić information content (AvgIpc) is 2.96. The van der Waals surface area contributed by atoms with Crippen LogP contribution in [0, 0.1) is 0 Å². The van der Waals surface area contributed by atoms with Crippen molar-refractivity contribution in [2.24, 2.45) is 0 Å². The maximum atomic E-state index is 13.0. The first-order valence-corrected chi connectivity index (χ1v) is 9.62. The zero-order chi connectivity index (χ0) is 22.8. The molecule has 9 nitrogen and oxygen atoms in total. The number of hydrogen-bond acceptors (Lipinski definition) is 6. The third-order valence-corrected chi connectivity index (χ3v) is 5.27. The number of halogens is 1. The van der Waals surface area contributed by atoms with E-state index in [1.807, 2.05) is 0 Å². The van der Waals surface area contributed by atoms with E-state index in [0.29, 0.717) is 33.5 Å². The van der Waals surface area contributed by atoms with Crippen molar-refractivity contribution in [2.45, 2.75) is 12.5 Å². The highest BCUT2D eigenvalue weighted by atomic mass is 35.5. The minimum absolute atomic E-state index is 0.336. The lowest BCUT2D eigenvalue weighted by molar-refractivity contribution is -0.133. The summed E-state index contributed by atoms with van der Waals surface area (Å²) in [6, 6.07) is 9.11. The summed E-state index contributed by atoms with van der Waals surface area (Å²) in [5.74, 6) is -0.101. The van der Waals surface area contributed by atoms with Crippen molar-refractivity contribution in [1.29, 1.82) is 0 Å². The zero-order valence-corrected chi connectivity index (χ0v) is 18.2. The van der Waals surface area contributed by atoms with E-state index in [9.17, 15) is 14.4 Å². The molecule has 3 rings (SSSR count). The molecule has 1 fully saturated rings. The van der Waals surface area contributed by atoms with Crippen LogP contribution in [0.15, 0.2) is 36.4 Å². The van der Waals surface area contributed by atoms with Crippen molar-refractivity contribution < 1.29 is 28.6 Å². The summed E-state index contributed by atoms with van der Waals surface area (Å²) in [5.41, 5.74) is -0.578. The molecule has 1 aliphatic rings.